The molecule has 4 rings (SSSR count). The van der Waals surface area contributed by atoms with E-state index in [0.717, 1.165) is 10.8 Å². The summed E-state index contributed by atoms with van der Waals surface area (Å²) in [7, 11) is 1.54. The molecule has 1 saturated heterocycles. The number of Topliss-reactive ketones (excluding diaryl/α,β-unsaturated/α-hetero) is 1. The van der Waals surface area contributed by atoms with Gasteiger partial charge in [0, 0.05) is 31.4 Å². The van der Waals surface area contributed by atoms with Gasteiger partial charge in [-0.15, -0.1) is 0 Å². The molecule has 31 heavy (non-hydrogen) atoms. The molecular weight excluding hydrogens is 397 g/mol. The van der Waals surface area contributed by atoms with Gasteiger partial charge in [-0.1, -0.05) is 54.6 Å². The number of hydrogen-bond donors (Lipinski definition) is 1. The van der Waals surface area contributed by atoms with Crippen molar-refractivity contribution in [3.05, 3.63) is 89.2 Å². The molecule has 0 aromatic heterocycles. The normalized spacial score (nSPS) is 18.1. The molecule has 1 heterocycles. The van der Waals surface area contributed by atoms with E-state index in [1.807, 2.05) is 30.3 Å². The maximum Gasteiger partial charge on any atom is 0.295 e. The van der Waals surface area contributed by atoms with E-state index in [2.05, 4.69) is 0 Å². The zero-order valence-corrected chi connectivity index (χ0v) is 17.0. The average Bonchev–Trinajstić information content (AvgIpc) is 3.03. The number of hydrogen-bond acceptors (Lipinski definition) is 4. The highest BCUT2D eigenvalue weighted by Gasteiger charge is 2.46. The van der Waals surface area contributed by atoms with E-state index in [-0.39, 0.29) is 23.4 Å². The SMILES string of the molecule is COCCCN1C(=O)C(=O)/C(=C(/O)c2ccc3ccccc3c2)C1c1ccccc1F. The molecule has 1 amide bonds. The summed E-state index contributed by atoms with van der Waals surface area (Å²) in [6.45, 7) is 0.587. The lowest BCUT2D eigenvalue weighted by atomic mass is 9.94. The highest BCUT2D eigenvalue weighted by Crippen LogP contribution is 2.40. The van der Waals surface area contributed by atoms with E-state index in [9.17, 15) is 19.1 Å². The van der Waals surface area contributed by atoms with Crippen molar-refractivity contribution in [3.8, 4) is 0 Å². The minimum absolute atomic E-state index is 0.109. The minimum Gasteiger partial charge on any atom is -0.507 e. The molecule has 1 unspecified atom stereocenters. The molecule has 0 radical (unpaired) electrons. The number of fused-ring (bicyclic) bond motifs is 1. The zero-order chi connectivity index (χ0) is 22.0. The fourth-order valence-electron chi connectivity index (χ4n) is 4.00. The van der Waals surface area contributed by atoms with Crippen molar-refractivity contribution in [1.82, 2.24) is 4.90 Å². The van der Waals surface area contributed by atoms with Gasteiger partial charge in [0.1, 0.15) is 11.6 Å². The number of methoxy groups -OCH3 is 1. The maximum atomic E-state index is 14.7. The van der Waals surface area contributed by atoms with Crippen LogP contribution in [0.2, 0.25) is 0 Å². The summed E-state index contributed by atoms with van der Waals surface area (Å²) in [6.07, 6.45) is 0.477. The van der Waals surface area contributed by atoms with Crippen molar-refractivity contribution in [2.24, 2.45) is 0 Å². The summed E-state index contributed by atoms with van der Waals surface area (Å²) in [5.41, 5.74) is 0.458. The first kappa shape index (κ1) is 20.8. The molecule has 3 aromatic rings. The number of carbonyl (C=O) groups is 2. The summed E-state index contributed by atoms with van der Waals surface area (Å²) in [6, 6.07) is 17.9. The molecule has 0 saturated carbocycles. The zero-order valence-electron chi connectivity index (χ0n) is 17.0. The Morgan fingerprint density at radius 2 is 1.74 bits per heavy atom. The molecular formula is C25H22FNO4. The predicted molar refractivity (Wildman–Crippen MR) is 116 cm³/mol. The number of carbonyl (C=O) groups excluding carboxylic acids is 2. The number of halogens is 1. The third-order valence-corrected chi connectivity index (χ3v) is 5.51. The molecule has 6 heteroatoms. The molecule has 1 aliphatic rings. The van der Waals surface area contributed by atoms with Crippen molar-refractivity contribution in [1.29, 1.82) is 0 Å². The van der Waals surface area contributed by atoms with Crippen LogP contribution in [0.4, 0.5) is 4.39 Å². The topological polar surface area (TPSA) is 66.8 Å². The van der Waals surface area contributed by atoms with Crippen LogP contribution in [0.5, 0.6) is 0 Å². The second-order valence-electron chi connectivity index (χ2n) is 7.42. The third kappa shape index (κ3) is 3.82. The van der Waals surface area contributed by atoms with Crippen LogP contribution < -0.4 is 0 Å². The number of amides is 1. The number of nitrogens with zero attached hydrogens (tertiary/aromatic N) is 1. The maximum absolute atomic E-state index is 14.7. The van der Waals surface area contributed by atoms with Gasteiger partial charge < -0.3 is 14.7 Å². The van der Waals surface area contributed by atoms with Crippen LogP contribution in [-0.2, 0) is 14.3 Å². The van der Waals surface area contributed by atoms with Gasteiger partial charge in [-0.05, 0) is 29.3 Å². The highest BCUT2D eigenvalue weighted by molar-refractivity contribution is 6.46. The Balaban J connectivity index is 1.86. The molecule has 1 aliphatic heterocycles. The second-order valence-corrected chi connectivity index (χ2v) is 7.42. The Morgan fingerprint density at radius 1 is 1.03 bits per heavy atom. The summed E-state index contributed by atoms with van der Waals surface area (Å²) in [4.78, 5) is 27.1. The number of aliphatic hydroxyl groups excluding tert-OH is 1. The van der Waals surface area contributed by atoms with Gasteiger partial charge in [0.25, 0.3) is 11.7 Å². The standard InChI is InChI=1S/C25H22FNO4/c1-31-14-6-13-27-22(19-9-4-5-10-20(19)26)21(24(29)25(27)30)23(28)18-12-11-16-7-2-3-8-17(16)15-18/h2-5,7-12,15,22,28H,6,13-14H2,1H3/b23-21+. The Hall–Kier alpha value is -3.51. The molecule has 1 N–H and O–H groups in total. The van der Waals surface area contributed by atoms with E-state index in [0.29, 0.717) is 18.6 Å². The monoisotopic (exact) mass is 419 g/mol. The van der Waals surface area contributed by atoms with E-state index in [1.165, 1.54) is 17.0 Å². The van der Waals surface area contributed by atoms with Gasteiger partial charge in [-0.2, -0.15) is 0 Å². The fourth-order valence-corrected chi connectivity index (χ4v) is 4.00. The van der Waals surface area contributed by atoms with Crippen molar-refractivity contribution in [3.63, 3.8) is 0 Å². The van der Waals surface area contributed by atoms with Gasteiger partial charge in [-0.25, -0.2) is 4.39 Å². The third-order valence-electron chi connectivity index (χ3n) is 5.51. The number of aliphatic hydroxyl groups is 1. The molecule has 1 atom stereocenters. The van der Waals surface area contributed by atoms with Crippen LogP contribution in [0, 0.1) is 5.82 Å². The van der Waals surface area contributed by atoms with E-state index < -0.39 is 23.5 Å². The number of ketones is 1. The Kier molecular flexibility index (Phi) is 5.82. The van der Waals surface area contributed by atoms with E-state index >= 15 is 0 Å². The largest absolute Gasteiger partial charge is 0.507 e. The Morgan fingerprint density at radius 3 is 2.48 bits per heavy atom. The van der Waals surface area contributed by atoms with Crippen molar-refractivity contribution in [2.45, 2.75) is 12.5 Å². The van der Waals surface area contributed by atoms with Crippen LogP contribution in [0.1, 0.15) is 23.6 Å². The molecule has 158 valence electrons. The summed E-state index contributed by atoms with van der Waals surface area (Å²) >= 11 is 0. The van der Waals surface area contributed by atoms with Gasteiger partial charge in [0.2, 0.25) is 0 Å². The molecule has 5 nitrogen and oxygen atoms in total. The fraction of sp³-hybridized carbons (Fsp3) is 0.200. The van der Waals surface area contributed by atoms with Crippen LogP contribution in [-0.4, -0.2) is 42.0 Å². The first-order valence-electron chi connectivity index (χ1n) is 10.0. The first-order chi connectivity index (χ1) is 15.0. The lowest BCUT2D eigenvalue weighted by Crippen LogP contribution is -2.31. The van der Waals surface area contributed by atoms with Crippen LogP contribution in [0.25, 0.3) is 16.5 Å². The van der Waals surface area contributed by atoms with Crippen LogP contribution in [0.3, 0.4) is 0 Å². The first-order valence-corrected chi connectivity index (χ1v) is 10.0. The number of ether oxygens (including phenoxy) is 1. The van der Waals surface area contributed by atoms with Gasteiger partial charge >= 0.3 is 0 Å². The summed E-state index contributed by atoms with van der Waals surface area (Å²) in [5.74, 6) is -2.44. The minimum atomic E-state index is -1.01. The summed E-state index contributed by atoms with van der Waals surface area (Å²) < 4.78 is 19.8. The van der Waals surface area contributed by atoms with Crippen LogP contribution in [0.15, 0.2) is 72.3 Å². The highest BCUT2D eigenvalue weighted by atomic mass is 19.1. The second kappa shape index (κ2) is 8.70. The quantitative estimate of drug-likeness (QED) is 0.278. The van der Waals surface area contributed by atoms with Gasteiger partial charge in [-0.3, -0.25) is 9.59 Å². The molecule has 0 bridgehead atoms. The van der Waals surface area contributed by atoms with E-state index in [4.69, 9.17) is 4.74 Å². The number of benzene rings is 3. The Bertz CT molecular complexity index is 1190. The van der Waals surface area contributed by atoms with Gasteiger partial charge in [0.15, 0.2) is 0 Å². The van der Waals surface area contributed by atoms with Crippen molar-refractivity contribution >= 4 is 28.2 Å². The molecule has 1 fully saturated rings. The van der Waals surface area contributed by atoms with Crippen molar-refractivity contribution < 1.29 is 23.8 Å². The number of rotatable bonds is 6. The average molecular weight is 419 g/mol. The van der Waals surface area contributed by atoms with Gasteiger partial charge in [0.05, 0.1) is 11.6 Å². The van der Waals surface area contributed by atoms with Crippen LogP contribution >= 0.6 is 0 Å². The smallest absolute Gasteiger partial charge is 0.295 e. The lowest BCUT2D eigenvalue weighted by Gasteiger charge is -2.25. The van der Waals surface area contributed by atoms with Crippen molar-refractivity contribution in [2.75, 3.05) is 20.3 Å². The Labute approximate surface area is 179 Å². The molecule has 3 aromatic carbocycles. The number of likely N-dealkylation sites (tertiary alicyclic amines) is 1. The van der Waals surface area contributed by atoms with E-state index in [1.54, 1.807) is 31.4 Å². The lowest BCUT2D eigenvalue weighted by molar-refractivity contribution is -0.140. The predicted octanol–water partition coefficient (Wildman–Crippen LogP) is 4.44. The molecule has 0 aliphatic carbocycles. The summed E-state index contributed by atoms with van der Waals surface area (Å²) in [5, 5.41) is 13.0. The molecule has 0 spiro atoms.